The number of nitrogens with zero attached hydrogens (tertiary/aromatic N) is 1. The summed E-state index contributed by atoms with van der Waals surface area (Å²) in [6, 6.07) is -0.0197. The van der Waals surface area contributed by atoms with Crippen LogP contribution in [-0.4, -0.2) is 58.2 Å². The first-order valence-corrected chi connectivity index (χ1v) is 4.95. The zero-order valence-corrected chi connectivity index (χ0v) is 7.63. The molecule has 4 nitrogen and oxygen atoms in total. The third-order valence-electron chi connectivity index (χ3n) is 3.33. The van der Waals surface area contributed by atoms with E-state index in [1.54, 1.807) is 0 Å². The minimum atomic E-state index is -0.669. The SMILES string of the molecule is OCC1CCCN2CC(O)C(O)C12. The van der Waals surface area contributed by atoms with Crippen LogP contribution in [0.25, 0.3) is 0 Å². The van der Waals surface area contributed by atoms with E-state index in [0.717, 1.165) is 19.4 Å². The highest BCUT2D eigenvalue weighted by Crippen LogP contribution is 2.31. The van der Waals surface area contributed by atoms with Crippen molar-refractivity contribution in [1.82, 2.24) is 4.90 Å². The summed E-state index contributed by atoms with van der Waals surface area (Å²) in [5, 5.41) is 28.3. The lowest BCUT2D eigenvalue weighted by atomic mass is 9.88. The van der Waals surface area contributed by atoms with Crippen LogP contribution >= 0.6 is 0 Å². The quantitative estimate of drug-likeness (QED) is 0.482. The van der Waals surface area contributed by atoms with E-state index in [2.05, 4.69) is 4.90 Å². The fourth-order valence-corrected chi connectivity index (χ4v) is 2.66. The Morgan fingerprint density at radius 2 is 2.08 bits per heavy atom. The first-order valence-electron chi connectivity index (χ1n) is 4.95. The molecule has 0 amide bonds. The molecule has 0 radical (unpaired) electrons. The van der Waals surface area contributed by atoms with Crippen LogP contribution in [0.1, 0.15) is 12.8 Å². The highest BCUT2D eigenvalue weighted by molar-refractivity contribution is 4.98. The molecule has 76 valence electrons. The average Bonchev–Trinajstić information content (AvgIpc) is 2.43. The Balaban J connectivity index is 2.11. The molecule has 0 spiro atoms. The third kappa shape index (κ3) is 1.48. The lowest BCUT2D eigenvalue weighted by Crippen LogP contribution is -2.47. The predicted octanol–water partition coefficient (Wildman–Crippen LogP) is -1.21. The van der Waals surface area contributed by atoms with E-state index in [1.165, 1.54) is 0 Å². The third-order valence-corrected chi connectivity index (χ3v) is 3.33. The van der Waals surface area contributed by atoms with Crippen molar-refractivity contribution in [2.75, 3.05) is 19.7 Å². The van der Waals surface area contributed by atoms with Crippen LogP contribution in [0.5, 0.6) is 0 Å². The highest BCUT2D eigenvalue weighted by Gasteiger charge is 2.45. The predicted molar refractivity (Wildman–Crippen MR) is 47.2 cm³/mol. The summed E-state index contributed by atoms with van der Waals surface area (Å²) < 4.78 is 0. The Morgan fingerprint density at radius 3 is 2.77 bits per heavy atom. The van der Waals surface area contributed by atoms with Crippen molar-refractivity contribution in [3.05, 3.63) is 0 Å². The van der Waals surface area contributed by atoms with Gasteiger partial charge in [0.15, 0.2) is 0 Å². The van der Waals surface area contributed by atoms with Gasteiger partial charge >= 0.3 is 0 Å². The number of hydrogen-bond donors (Lipinski definition) is 3. The zero-order chi connectivity index (χ0) is 9.42. The maximum absolute atomic E-state index is 9.69. The second-order valence-electron chi connectivity index (χ2n) is 4.13. The van der Waals surface area contributed by atoms with E-state index in [-0.39, 0.29) is 18.6 Å². The molecule has 2 heterocycles. The Kier molecular flexibility index (Phi) is 2.55. The van der Waals surface area contributed by atoms with Gasteiger partial charge < -0.3 is 15.3 Å². The summed E-state index contributed by atoms with van der Waals surface area (Å²) >= 11 is 0. The van der Waals surface area contributed by atoms with Gasteiger partial charge in [-0.25, -0.2) is 0 Å². The summed E-state index contributed by atoms with van der Waals surface area (Å²) in [6.45, 7) is 1.61. The number of rotatable bonds is 1. The molecule has 0 saturated carbocycles. The van der Waals surface area contributed by atoms with E-state index in [9.17, 15) is 10.2 Å². The fourth-order valence-electron chi connectivity index (χ4n) is 2.66. The number of piperidine rings is 1. The molecule has 2 aliphatic rings. The molecule has 2 rings (SSSR count). The van der Waals surface area contributed by atoms with E-state index in [0.29, 0.717) is 6.54 Å². The molecule has 2 saturated heterocycles. The molecule has 2 aliphatic heterocycles. The smallest absolute Gasteiger partial charge is 0.0969 e. The molecular formula is C9H17NO3. The van der Waals surface area contributed by atoms with Crippen LogP contribution in [0.3, 0.4) is 0 Å². The molecule has 13 heavy (non-hydrogen) atoms. The molecular weight excluding hydrogens is 170 g/mol. The number of hydrogen-bond acceptors (Lipinski definition) is 4. The van der Waals surface area contributed by atoms with Gasteiger partial charge in [-0.3, -0.25) is 4.90 Å². The van der Waals surface area contributed by atoms with Gasteiger partial charge in [-0.05, 0) is 19.4 Å². The lowest BCUT2D eigenvalue weighted by molar-refractivity contribution is -0.00169. The van der Waals surface area contributed by atoms with Crippen LogP contribution in [-0.2, 0) is 0 Å². The van der Waals surface area contributed by atoms with Gasteiger partial charge in [-0.2, -0.15) is 0 Å². The van der Waals surface area contributed by atoms with Crippen LogP contribution < -0.4 is 0 Å². The van der Waals surface area contributed by atoms with Gasteiger partial charge in [0.1, 0.15) is 0 Å². The summed E-state index contributed by atoms with van der Waals surface area (Å²) in [6.07, 6.45) is 0.720. The summed E-state index contributed by atoms with van der Waals surface area (Å²) in [5.74, 6) is 0.140. The van der Waals surface area contributed by atoms with Crippen molar-refractivity contribution >= 4 is 0 Å². The van der Waals surface area contributed by atoms with Gasteiger partial charge in [0.2, 0.25) is 0 Å². The van der Waals surface area contributed by atoms with Gasteiger partial charge in [-0.1, -0.05) is 0 Å². The highest BCUT2D eigenvalue weighted by atomic mass is 16.3. The summed E-state index contributed by atoms with van der Waals surface area (Å²) in [7, 11) is 0. The van der Waals surface area contributed by atoms with Crippen molar-refractivity contribution in [1.29, 1.82) is 0 Å². The van der Waals surface area contributed by atoms with Crippen LogP contribution in [0, 0.1) is 5.92 Å². The van der Waals surface area contributed by atoms with E-state index >= 15 is 0 Å². The molecule has 0 aromatic rings. The summed E-state index contributed by atoms with van der Waals surface area (Å²) in [5.41, 5.74) is 0. The second-order valence-corrected chi connectivity index (χ2v) is 4.13. The second kappa shape index (κ2) is 3.53. The van der Waals surface area contributed by atoms with Crippen LogP contribution in [0.2, 0.25) is 0 Å². The van der Waals surface area contributed by atoms with Crippen molar-refractivity contribution in [2.45, 2.75) is 31.1 Å². The monoisotopic (exact) mass is 187 g/mol. The molecule has 0 aromatic heterocycles. The Labute approximate surface area is 77.8 Å². The van der Waals surface area contributed by atoms with Gasteiger partial charge in [0, 0.05) is 25.1 Å². The number of aliphatic hydroxyl groups is 3. The molecule has 0 aliphatic carbocycles. The molecule has 4 unspecified atom stereocenters. The zero-order valence-electron chi connectivity index (χ0n) is 7.63. The lowest BCUT2D eigenvalue weighted by Gasteiger charge is -2.36. The normalized spacial score (nSPS) is 46.4. The molecule has 2 fully saturated rings. The summed E-state index contributed by atoms with van der Waals surface area (Å²) in [4.78, 5) is 2.10. The first-order chi connectivity index (χ1) is 6.24. The Morgan fingerprint density at radius 1 is 1.31 bits per heavy atom. The van der Waals surface area contributed by atoms with Crippen molar-refractivity contribution in [3.8, 4) is 0 Å². The minimum absolute atomic E-state index is 0.0197. The molecule has 4 heteroatoms. The van der Waals surface area contributed by atoms with Crippen molar-refractivity contribution in [2.24, 2.45) is 5.92 Å². The number of fused-ring (bicyclic) bond motifs is 1. The maximum atomic E-state index is 9.69. The van der Waals surface area contributed by atoms with E-state index in [1.807, 2.05) is 0 Å². The molecule has 4 atom stereocenters. The van der Waals surface area contributed by atoms with Gasteiger partial charge in [-0.15, -0.1) is 0 Å². The molecule has 3 N–H and O–H groups in total. The van der Waals surface area contributed by atoms with Gasteiger partial charge in [0.25, 0.3) is 0 Å². The van der Waals surface area contributed by atoms with E-state index < -0.39 is 12.2 Å². The Bertz CT molecular complexity index is 182. The standard InChI is InChI=1S/C9H17NO3/c11-5-6-2-1-3-10-4-7(12)9(13)8(6)10/h6-9,11-13H,1-5H2. The van der Waals surface area contributed by atoms with Crippen molar-refractivity contribution < 1.29 is 15.3 Å². The average molecular weight is 187 g/mol. The van der Waals surface area contributed by atoms with Gasteiger partial charge in [0.05, 0.1) is 12.2 Å². The largest absolute Gasteiger partial charge is 0.396 e. The Hall–Kier alpha value is -0.160. The van der Waals surface area contributed by atoms with Crippen LogP contribution in [0.4, 0.5) is 0 Å². The minimum Gasteiger partial charge on any atom is -0.396 e. The number of aliphatic hydroxyl groups excluding tert-OH is 3. The first kappa shape index (κ1) is 9.40. The van der Waals surface area contributed by atoms with Crippen molar-refractivity contribution in [3.63, 3.8) is 0 Å². The fraction of sp³-hybridized carbons (Fsp3) is 1.00. The topological polar surface area (TPSA) is 63.9 Å². The molecule has 0 aromatic carbocycles. The maximum Gasteiger partial charge on any atom is 0.0969 e. The van der Waals surface area contributed by atoms with E-state index in [4.69, 9.17) is 5.11 Å². The molecule has 0 bridgehead atoms. The van der Waals surface area contributed by atoms with Crippen LogP contribution in [0.15, 0.2) is 0 Å².